The summed E-state index contributed by atoms with van der Waals surface area (Å²) in [6.07, 6.45) is 1.63. The molecule has 2 aliphatic heterocycles. The first-order chi connectivity index (χ1) is 12.2. The lowest BCUT2D eigenvalue weighted by atomic mass is 9.73. The molecule has 1 spiro atoms. The van der Waals surface area contributed by atoms with Gasteiger partial charge in [0.2, 0.25) is 5.91 Å². The van der Waals surface area contributed by atoms with Gasteiger partial charge in [-0.1, -0.05) is 29.8 Å². The van der Waals surface area contributed by atoms with Gasteiger partial charge in [0.15, 0.2) is 0 Å². The number of hydrogen-bond donors (Lipinski definition) is 1. The third kappa shape index (κ3) is 3.12. The Bertz CT molecular complexity index is 771. The molecule has 5 heteroatoms. The molecule has 0 atom stereocenters. The molecule has 4 rings (SSSR count). The summed E-state index contributed by atoms with van der Waals surface area (Å²) in [6, 6.07) is 15.5. The highest BCUT2D eigenvalue weighted by Crippen LogP contribution is 2.45. The van der Waals surface area contributed by atoms with Gasteiger partial charge in [0, 0.05) is 17.3 Å². The third-order valence-corrected chi connectivity index (χ3v) is 5.54. The van der Waals surface area contributed by atoms with Crippen LogP contribution in [0.3, 0.4) is 0 Å². The van der Waals surface area contributed by atoms with Crippen LogP contribution in [0, 0.1) is 0 Å². The van der Waals surface area contributed by atoms with Crippen molar-refractivity contribution in [3.63, 3.8) is 0 Å². The number of rotatable bonds is 4. The van der Waals surface area contributed by atoms with Crippen LogP contribution in [0.4, 0.5) is 5.69 Å². The number of carbonyl (C=O) groups excluding carboxylic acids is 1. The largest absolute Gasteiger partial charge is 0.492 e. The molecule has 1 saturated heterocycles. The summed E-state index contributed by atoms with van der Waals surface area (Å²) in [5.41, 5.74) is 1.55. The lowest BCUT2D eigenvalue weighted by Gasteiger charge is -2.37. The van der Waals surface area contributed by atoms with E-state index in [0.29, 0.717) is 11.6 Å². The second-order valence-corrected chi connectivity index (χ2v) is 7.17. The number of hydrogen-bond acceptors (Lipinski definition) is 3. The van der Waals surface area contributed by atoms with Crippen LogP contribution in [-0.2, 0) is 10.2 Å². The third-order valence-electron chi connectivity index (χ3n) is 5.31. The average Bonchev–Trinajstić information content (AvgIpc) is 2.89. The van der Waals surface area contributed by atoms with Gasteiger partial charge in [0.05, 0.1) is 5.41 Å². The molecular formula is C20H21ClN2O2. The molecule has 0 radical (unpaired) electrons. The quantitative estimate of drug-likeness (QED) is 0.908. The fourth-order valence-corrected chi connectivity index (χ4v) is 4.02. The summed E-state index contributed by atoms with van der Waals surface area (Å²) in [6.45, 7) is 3.30. The number of fused-ring (bicyclic) bond motifs is 2. The molecule has 4 nitrogen and oxygen atoms in total. The highest BCUT2D eigenvalue weighted by Gasteiger charge is 2.48. The Kier molecular flexibility index (Phi) is 4.40. The number of halogens is 1. The highest BCUT2D eigenvalue weighted by molar-refractivity contribution is 6.31. The van der Waals surface area contributed by atoms with E-state index in [1.165, 1.54) is 0 Å². The van der Waals surface area contributed by atoms with Gasteiger partial charge in [-0.25, -0.2) is 0 Å². The zero-order valence-electron chi connectivity index (χ0n) is 14.0. The number of nitrogens with one attached hydrogen (secondary N) is 1. The van der Waals surface area contributed by atoms with E-state index in [-0.39, 0.29) is 5.91 Å². The molecule has 2 aromatic carbocycles. The molecule has 2 heterocycles. The molecule has 2 aliphatic rings. The Morgan fingerprint density at radius 2 is 1.88 bits per heavy atom. The normalized spacial score (nSPS) is 18.8. The summed E-state index contributed by atoms with van der Waals surface area (Å²) in [4.78, 5) is 15.0. The maximum absolute atomic E-state index is 12.6. The predicted molar refractivity (Wildman–Crippen MR) is 99.4 cm³/mol. The van der Waals surface area contributed by atoms with Gasteiger partial charge in [-0.05, 0) is 61.8 Å². The molecule has 130 valence electrons. The van der Waals surface area contributed by atoms with E-state index in [1.54, 1.807) is 0 Å². The highest BCUT2D eigenvalue weighted by atomic mass is 35.5. The Morgan fingerprint density at radius 3 is 2.64 bits per heavy atom. The first-order valence-electron chi connectivity index (χ1n) is 8.69. The summed E-state index contributed by atoms with van der Waals surface area (Å²) < 4.78 is 5.78. The van der Waals surface area contributed by atoms with Gasteiger partial charge in [0.1, 0.15) is 12.4 Å². The number of amides is 1. The van der Waals surface area contributed by atoms with Crippen LogP contribution in [-0.4, -0.2) is 37.0 Å². The molecular weight excluding hydrogens is 336 g/mol. The number of likely N-dealkylation sites (tertiary alicyclic amines) is 1. The Labute approximate surface area is 152 Å². The van der Waals surface area contributed by atoms with Crippen molar-refractivity contribution in [2.75, 3.05) is 31.6 Å². The minimum absolute atomic E-state index is 0.116. The van der Waals surface area contributed by atoms with Crippen molar-refractivity contribution in [3.05, 3.63) is 59.1 Å². The smallest absolute Gasteiger partial charge is 0.235 e. The van der Waals surface area contributed by atoms with Crippen molar-refractivity contribution in [1.82, 2.24) is 4.90 Å². The van der Waals surface area contributed by atoms with Crippen LogP contribution in [0.1, 0.15) is 18.4 Å². The van der Waals surface area contributed by atoms with E-state index in [9.17, 15) is 4.79 Å². The van der Waals surface area contributed by atoms with E-state index < -0.39 is 5.41 Å². The minimum atomic E-state index is -0.420. The summed E-state index contributed by atoms with van der Waals surface area (Å²) in [5.74, 6) is 1.01. The van der Waals surface area contributed by atoms with Crippen molar-refractivity contribution in [3.8, 4) is 5.75 Å². The lowest BCUT2D eigenvalue weighted by molar-refractivity contribution is -0.122. The number of ether oxygens (including phenoxy) is 1. The van der Waals surface area contributed by atoms with E-state index in [1.807, 2.05) is 48.5 Å². The van der Waals surface area contributed by atoms with E-state index in [0.717, 1.165) is 49.5 Å². The van der Waals surface area contributed by atoms with Crippen molar-refractivity contribution < 1.29 is 9.53 Å². The molecule has 2 aromatic rings. The zero-order valence-corrected chi connectivity index (χ0v) is 14.8. The van der Waals surface area contributed by atoms with Crippen LogP contribution in [0.15, 0.2) is 48.5 Å². The molecule has 0 unspecified atom stereocenters. The van der Waals surface area contributed by atoms with Gasteiger partial charge >= 0.3 is 0 Å². The Morgan fingerprint density at radius 1 is 1.12 bits per heavy atom. The predicted octanol–water partition coefficient (Wildman–Crippen LogP) is 3.70. The van der Waals surface area contributed by atoms with Gasteiger partial charge in [-0.15, -0.1) is 0 Å². The van der Waals surface area contributed by atoms with Crippen LogP contribution < -0.4 is 10.1 Å². The Hall–Kier alpha value is -2.04. The first-order valence-corrected chi connectivity index (χ1v) is 9.07. The van der Waals surface area contributed by atoms with Crippen LogP contribution in [0.2, 0.25) is 5.02 Å². The van der Waals surface area contributed by atoms with E-state index >= 15 is 0 Å². The second kappa shape index (κ2) is 6.70. The topological polar surface area (TPSA) is 41.6 Å². The van der Waals surface area contributed by atoms with Crippen molar-refractivity contribution >= 4 is 23.2 Å². The summed E-state index contributed by atoms with van der Waals surface area (Å²) in [7, 11) is 0. The van der Waals surface area contributed by atoms with Gasteiger partial charge < -0.3 is 10.1 Å². The minimum Gasteiger partial charge on any atom is -0.492 e. The molecule has 1 fully saturated rings. The molecule has 0 aromatic heterocycles. The average molecular weight is 357 g/mol. The number of anilines is 1. The number of piperidine rings is 1. The molecule has 0 saturated carbocycles. The van der Waals surface area contributed by atoms with Crippen LogP contribution in [0.25, 0.3) is 0 Å². The molecule has 0 bridgehead atoms. The fourth-order valence-electron chi connectivity index (χ4n) is 3.85. The van der Waals surface area contributed by atoms with E-state index in [4.69, 9.17) is 16.3 Å². The van der Waals surface area contributed by atoms with Crippen molar-refractivity contribution in [2.45, 2.75) is 18.3 Å². The number of nitrogens with zero attached hydrogens (tertiary/aromatic N) is 1. The SMILES string of the molecule is O=C1Nc2ccc(Cl)cc2C12CCN(CCOc1ccccc1)CC2. The summed E-state index contributed by atoms with van der Waals surface area (Å²) in [5, 5.41) is 3.71. The number of carbonyl (C=O) groups is 1. The molecule has 0 aliphatic carbocycles. The number of para-hydroxylation sites is 1. The van der Waals surface area contributed by atoms with Crippen LogP contribution >= 0.6 is 11.6 Å². The van der Waals surface area contributed by atoms with Gasteiger partial charge in [-0.3, -0.25) is 9.69 Å². The molecule has 25 heavy (non-hydrogen) atoms. The first kappa shape index (κ1) is 16.4. The lowest BCUT2D eigenvalue weighted by Crippen LogP contribution is -2.47. The maximum atomic E-state index is 12.6. The van der Waals surface area contributed by atoms with Crippen molar-refractivity contribution in [2.24, 2.45) is 0 Å². The monoisotopic (exact) mass is 356 g/mol. The standard InChI is InChI=1S/C20H21ClN2O2/c21-15-6-7-18-17(14-15)20(19(24)22-18)8-10-23(11-9-20)12-13-25-16-4-2-1-3-5-16/h1-7,14H,8-13H2,(H,22,24). The van der Waals surface area contributed by atoms with E-state index in [2.05, 4.69) is 10.2 Å². The molecule has 1 N–H and O–H groups in total. The summed E-state index contributed by atoms with van der Waals surface area (Å²) >= 11 is 6.16. The van der Waals surface area contributed by atoms with Crippen molar-refractivity contribution in [1.29, 1.82) is 0 Å². The Balaban J connectivity index is 1.37. The number of benzene rings is 2. The fraction of sp³-hybridized carbons (Fsp3) is 0.350. The molecule has 1 amide bonds. The van der Waals surface area contributed by atoms with Gasteiger partial charge in [-0.2, -0.15) is 0 Å². The second-order valence-electron chi connectivity index (χ2n) is 6.73. The van der Waals surface area contributed by atoms with Gasteiger partial charge in [0.25, 0.3) is 0 Å². The zero-order chi connectivity index (χ0) is 17.3. The van der Waals surface area contributed by atoms with Crippen LogP contribution in [0.5, 0.6) is 5.75 Å². The maximum Gasteiger partial charge on any atom is 0.235 e.